The first-order valence-corrected chi connectivity index (χ1v) is 12.7. The molecule has 0 unspecified atom stereocenters. The Hall–Kier alpha value is -5.12. The highest BCUT2D eigenvalue weighted by Gasteiger charge is 2.28. The van der Waals surface area contributed by atoms with Crippen molar-refractivity contribution in [1.29, 1.82) is 0 Å². The predicted octanol–water partition coefficient (Wildman–Crippen LogP) is 3.08. The van der Waals surface area contributed by atoms with E-state index in [9.17, 15) is 9.59 Å². The van der Waals surface area contributed by atoms with Gasteiger partial charge in [0.25, 0.3) is 11.8 Å². The Morgan fingerprint density at radius 2 is 1.67 bits per heavy atom. The molecule has 0 aliphatic carbocycles. The van der Waals surface area contributed by atoms with Crippen molar-refractivity contribution in [3.05, 3.63) is 109 Å². The van der Waals surface area contributed by atoms with Crippen LogP contribution in [0, 0.1) is 0 Å². The SMILES string of the molecule is O=C(NCc1cccnc1)c1cnc(N2CCN(C(=O)c3c(-c4ccccc4)nc4ccccn34)CC2)cn1. The summed E-state index contributed by atoms with van der Waals surface area (Å²) in [6.07, 6.45) is 8.36. The quantitative estimate of drug-likeness (QED) is 0.368. The van der Waals surface area contributed by atoms with Crippen molar-refractivity contribution >= 4 is 23.3 Å². The van der Waals surface area contributed by atoms with Gasteiger partial charge in [0.1, 0.15) is 28.5 Å². The highest BCUT2D eigenvalue weighted by Crippen LogP contribution is 2.26. The molecule has 0 spiro atoms. The van der Waals surface area contributed by atoms with Gasteiger partial charge in [-0.2, -0.15) is 0 Å². The van der Waals surface area contributed by atoms with Gasteiger partial charge in [-0.05, 0) is 23.8 Å². The second-order valence-corrected chi connectivity index (χ2v) is 9.19. The van der Waals surface area contributed by atoms with E-state index in [0.717, 1.165) is 16.8 Å². The summed E-state index contributed by atoms with van der Waals surface area (Å²) in [6.45, 7) is 2.63. The maximum Gasteiger partial charge on any atom is 0.273 e. The molecule has 1 aromatic carbocycles. The zero-order valence-corrected chi connectivity index (χ0v) is 21.1. The van der Waals surface area contributed by atoms with Crippen molar-refractivity contribution in [1.82, 2.24) is 34.6 Å². The van der Waals surface area contributed by atoms with Crippen LogP contribution in [0.5, 0.6) is 0 Å². The second-order valence-electron chi connectivity index (χ2n) is 9.19. The Bertz CT molecular complexity index is 1600. The maximum atomic E-state index is 13.8. The van der Waals surface area contributed by atoms with Crippen LogP contribution in [0.2, 0.25) is 0 Å². The Kier molecular flexibility index (Phi) is 6.65. The van der Waals surface area contributed by atoms with E-state index in [2.05, 4.69) is 25.2 Å². The lowest BCUT2D eigenvalue weighted by Crippen LogP contribution is -2.49. The van der Waals surface area contributed by atoms with Gasteiger partial charge >= 0.3 is 0 Å². The molecular weight excluding hydrogens is 492 g/mol. The van der Waals surface area contributed by atoms with Gasteiger partial charge in [-0.3, -0.25) is 19.0 Å². The van der Waals surface area contributed by atoms with E-state index >= 15 is 0 Å². The number of rotatable bonds is 6. The number of carbonyl (C=O) groups is 2. The standard InChI is InChI=1S/C29H26N8O2/c38-28(33-18-21-7-6-11-30-17-21)23-19-32-25(20-31-23)35-13-15-36(16-14-35)29(39)27-26(22-8-2-1-3-9-22)34-24-10-4-5-12-37(24)27/h1-12,17,19-20H,13-16,18H2,(H,33,38). The summed E-state index contributed by atoms with van der Waals surface area (Å²) in [6, 6.07) is 19.2. The molecule has 0 atom stereocenters. The van der Waals surface area contributed by atoms with Crippen molar-refractivity contribution in [2.75, 3.05) is 31.1 Å². The van der Waals surface area contributed by atoms with Crippen LogP contribution in [0.25, 0.3) is 16.9 Å². The smallest absolute Gasteiger partial charge is 0.273 e. The molecule has 1 fully saturated rings. The number of amides is 2. The highest BCUT2D eigenvalue weighted by atomic mass is 16.2. The van der Waals surface area contributed by atoms with Crippen LogP contribution in [-0.4, -0.2) is 67.2 Å². The fourth-order valence-electron chi connectivity index (χ4n) is 4.66. The molecule has 0 radical (unpaired) electrons. The minimum atomic E-state index is -0.296. The first-order valence-electron chi connectivity index (χ1n) is 12.7. The van der Waals surface area contributed by atoms with Crippen molar-refractivity contribution in [3.8, 4) is 11.3 Å². The monoisotopic (exact) mass is 518 g/mol. The van der Waals surface area contributed by atoms with Crippen LogP contribution in [0.4, 0.5) is 5.82 Å². The Balaban J connectivity index is 1.12. The molecule has 1 N–H and O–H groups in total. The average molecular weight is 519 g/mol. The second kappa shape index (κ2) is 10.7. The van der Waals surface area contributed by atoms with Crippen LogP contribution < -0.4 is 10.2 Å². The van der Waals surface area contributed by atoms with Gasteiger partial charge in [-0.15, -0.1) is 0 Å². The molecule has 39 heavy (non-hydrogen) atoms. The third-order valence-electron chi connectivity index (χ3n) is 6.72. The highest BCUT2D eigenvalue weighted by molar-refractivity contribution is 6.00. The number of anilines is 1. The number of nitrogens with zero attached hydrogens (tertiary/aromatic N) is 7. The van der Waals surface area contributed by atoms with Crippen molar-refractivity contribution in [2.45, 2.75) is 6.54 Å². The maximum absolute atomic E-state index is 13.8. The molecule has 0 bridgehead atoms. The Morgan fingerprint density at radius 1 is 0.846 bits per heavy atom. The van der Waals surface area contributed by atoms with E-state index in [1.54, 1.807) is 18.6 Å². The summed E-state index contributed by atoms with van der Waals surface area (Å²) in [5, 5.41) is 2.83. The number of benzene rings is 1. The van der Waals surface area contributed by atoms with E-state index in [1.165, 1.54) is 6.20 Å². The molecule has 5 heterocycles. The average Bonchev–Trinajstić information content (AvgIpc) is 3.40. The zero-order valence-electron chi connectivity index (χ0n) is 21.1. The molecule has 10 nitrogen and oxygen atoms in total. The largest absolute Gasteiger partial charge is 0.352 e. The Morgan fingerprint density at radius 3 is 2.41 bits per heavy atom. The fraction of sp³-hybridized carbons (Fsp3) is 0.172. The molecule has 5 aromatic rings. The minimum absolute atomic E-state index is 0.0566. The number of hydrogen-bond donors (Lipinski definition) is 1. The molecule has 2 amide bonds. The minimum Gasteiger partial charge on any atom is -0.352 e. The van der Waals surface area contributed by atoms with Crippen molar-refractivity contribution in [3.63, 3.8) is 0 Å². The number of imidazole rings is 1. The van der Waals surface area contributed by atoms with Crippen molar-refractivity contribution < 1.29 is 9.59 Å². The summed E-state index contributed by atoms with van der Waals surface area (Å²) in [5.74, 6) is 0.320. The van der Waals surface area contributed by atoms with Gasteiger partial charge < -0.3 is 15.1 Å². The first kappa shape index (κ1) is 24.2. The third-order valence-corrected chi connectivity index (χ3v) is 6.72. The van der Waals surface area contributed by atoms with Gasteiger partial charge in [0.05, 0.1) is 12.4 Å². The van der Waals surface area contributed by atoms with Gasteiger partial charge in [0.2, 0.25) is 0 Å². The summed E-state index contributed by atoms with van der Waals surface area (Å²) in [4.78, 5) is 47.7. The molecule has 0 saturated carbocycles. The normalized spacial score (nSPS) is 13.4. The van der Waals surface area contributed by atoms with Crippen LogP contribution in [0.15, 0.2) is 91.6 Å². The van der Waals surface area contributed by atoms with E-state index in [0.29, 0.717) is 49.9 Å². The number of nitrogens with one attached hydrogen (secondary N) is 1. The topological polar surface area (TPSA) is 109 Å². The summed E-state index contributed by atoms with van der Waals surface area (Å²) in [5.41, 5.74) is 4.03. The van der Waals surface area contributed by atoms with E-state index in [1.807, 2.05) is 76.2 Å². The molecule has 1 aliphatic heterocycles. The lowest BCUT2D eigenvalue weighted by molar-refractivity contribution is 0.0740. The van der Waals surface area contributed by atoms with Crippen molar-refractivity contribution in [2.24, 2.45) is 0 Å². The lowest BCUT2D eigenvalue weighted by Gasteiger charge is -2.35. The van der Waals surface area contributed by atoms with Gasteiger partial charge in [0.15, 0.2) is 0 Å². The van der Waals surface area contributed by atoms with E-state index in [4.69, 9.17) is 4.98 Å². The molecular formula is C29H26N8O2. The molecule has 6 rings (SSSR count). The third kappa shape index (κ3) is 5.04. The summed E-state index contributed by atoms with van der Waals surface area (Å²) >= 11 is 0. The Labute approximate surface area is 225 Å². The first-order chi connectivity index (χ1) is 19.2. The number of hydrogen-bond acceptors (Lipinski definition) is 7. The number of fused-ring (bicyclic) bond motifs is 1. The van der Waals surface area contributed by atoms with Crippen LogP contribution in [0.3, 0.4) is 0 Å². The number of pyridine rings is 2. The van der Waals surface area contributed by atoms with E-state index < -0.39 is 0 Å². The molecule has 4 aromatic heterocycles. The predicted molar refractivity (Wildman–Crippen MR) is 146 cm³/mol. The molecule has 1 saturated heterocycles. The fourth-order valence-corrected chi connectivity index (χ4v) is 4.66. The summed E-state index contributed by atoms with van der Waals surface area (Å²) in [7, 11) is 0. The van der Waals surface area contributed by atoms with Gasteiger partial charge in [0, 0.05) is 56.9 Å². The molecule has 194 valence electrons. The number of aromatic nitrogens is 5. The molecule has 10 heteroatoms. The number of carbonyl (C=O) groups excluding carboxylic acids is 2. The van der Waals surface area contributed by atoms with Crippen LogP contribution in [0.1, 0.15) is 26.5 Å². The van der Waals surface area contributed by atoms with E-state index in [-0.39, 0.29) is 17.5 Å². The van der Waals surface area contributed by atoms with Crippen LogP contribution >= 0.6 is 0 Å². The lowest BCUT2D eigenvalue weighted by atomic mass is 10.1. The van der Waals surface area contributed by atoms with Gasteiger partial charge in [-0.25, -0.2) is 15.0 Å². The molecule has 1 aliphatic rings. The number of piperazine rings is 1. The zero-order chi connectivity index (χ0) is 26.6. The van der Waals surface area contributed by atoms with Gasteiger partial charge in [-0.1, -0.05) is 42.5 Å². The summed E-state index contributed by atoms with van der Waals surface area (Å²) < 4.78 is 1.86. The van der Waals surface area contributed by atoms with Crippen LogP contribution in [-0.2, 0) is 6.54 Å².